The van der Waals surface area contributed by atoms with Crippen LogP contribution in [0.1, 0.15) is 67.7 Å². The van der Waals surface area contributed by atoms with Gasteiger partial charge in [-0.2, -0.15) is 0 Å². The average molecular weight is 330 g/mol. The molecule has 0 radical (unpaired) electrons. The number of nitrogens with zero attached hydrogens (tertiary/aromatic N) is 1. The summed E-state index contributed by atoms with van der Waals surface area (Å²) in [6.45, 7) is 13.8. The van der Waals surface area contributed by atoms with Gasteiger partial charge in [-0.05, 0) is 73.1 Å². The Morgan fingerprint density at radius 1 is 1.23 bits per heavy atom. The largest absolute Gasteiger partial charge is 0.598 e. The van der Waals surface area contributed by atoms with Crippen LogP contribution in [-0.2, 0) is 11.4 Å². The van der Waals surface area contributed by atoms with Gasteiger partial charge in [0.2, 0.25) is 0 Å². The van der Waals surface area contributed by atoms with Crippen LogP contribution in [0.5, 0.6) is 0 Å². The number of rotatable bonds is 4. The summed E-state index contributed by atoms with van der Waals surface area (Å²) in [5.41, 5.74) is -0.480. The van der Waals surface area contributed by atoms with Gasteiger partial charge in [-0.3, -0.25) is 4.90 Å². The van der Waals surface area contributed by atoms with Crippen LogP contribution in [0.2, 0.25) is 0 Å². The lowest BCUT2D eigenvalue weighted by molar-refractivity contribution is -0.235. The summed E-state index contributed by atoms with van der Waals surface area (Å²) in [5, 5.41) is 9.57. The Bertz CT molecular complexity index is 447. The normalized spacial score (nSPS) is 33.5. The van der Waals surface area contributed by atoms with Crippen molar-refractivity contribution >= 4 is 17.5 Å². The zero-order chi connectivity index (χ0) is 17.1. The first-order valence-electron chi connectivity index (χ1n) is 7.95. The van der Waals surface area contributed by atoms with Crippen LogP contribution in [0.3, 0.4) is 0 Å². The smallest absolute Gasteiger partial charge is 0.408 e. The first kappa shape index (κ1) is 17.9. The number of carbonyl (C=O) groups is 1. The maximum Gasteiger partial charge on any atom is 0.408 e. The second-order valence-electron chi connectivity index (χ2n) is 9.13. The van der Waals surface area contributed by atoms with Crippen molar-refractivity contribution in [2.24, 2.45) is 5.41 Å². The first-order valence-corrected chi connectivity index (χ1v) is 9.10. The maximum absolute atomic E-state index is 12.3. The molecule has 0 spiro atoms. The van der Waals surface area contributed by atoms with E-state index in [9.17, 15) is 14.5 Å². The van der Waals surface area contributed by atoms with Gasteiger partial charge in [0.25, 0.3) is 0 Å². The number of nitrogens with one attached hydrogen (secondary N) is 1. The summed E-state index contributed by atoms with van der Waals surface area (Å²) >= 11 is -1.09. The minimum absolute atomic E-state index is 0.111. The average Bonchev–Trinajstić information content (AvgIpc) is 2.16. The molecule has 0 heterocycles. The summed E-state index contributed by atoms with van der Waals surface area (Å²) in [5.74, 6) is 0. The third-order valence-corrected chi connectivity index (χ3v) is 6.82. The number of amides is 1. The third kappa shape index (κ3) is 2.74. The summed E-state index contributed by atoms with van der Waals surface area (Å²) in [4.78, 5) is 13.3. The highest BCUT2D eigenvalue weighted by Gasteiger charge is 2.74. The van der Waals surface area contributed by atoms with Gasteiger partial charge in [-0.15, -0.1) is 4.72 Å². The van der Waals surface area contributed by atoms with Crippen LogP contribution >= 0.6 is 0 Å². The van der Waals surface area contributed by atoms with Crippen LogP contribution in [0.25, 0.3) is 0 Å². The number of carboxylic acid groups (broad SMARTS) is 1. The molecule has 0 saturated heterocycles. The van der Waals surface area contributed by atoms with Crippen molar-refractivity contribution in [3.05, 3.63) is 0 Å². The number of hydrogen-bond acceptors (Lipinski definition) is 3. The van der Waals surface area contributed by atoms with E-state index >= 15 is 0 Å². The molecule has 3 saturated carbocycles. The molecule has 5 nitrogen and oxygen atoms in total. The van der Waals surface area contributed by atoms with Gasteiger partial charge in [0.05, 0.1) is 6.04 Å². The topological polar surface area (TPSA) is 75.6 Å². The monoisotopic (exact) mass is 330 g/mol. The molecule has 0 aromatic heterocycles. The van der Waals surface area contributed by atoms with Gasteiger partial charge >= 0.3 is 6.09 Å². The molecule has 3 fully saturated rings. The lowest BCUT2D eigenvalue weighted by atomic mass is 9.36. The summed E-state index contributed by atoms with van der Waals surface area (Å²) < 4.78 is 15.2. The van der Waals surface area contributed by atoms with Crippen molar-refractivity contribution in [3.63, 3.8) is 0 Å². The molecule has 1 amide bonds. The van der Waals surface area contributed by atoms with Crippen LogP contribution in [0, 0.1) is 5.41 Å². The molecule has 22 heavy (non-hydrogen) atoms. The highest BCUT2D eigenvalue weighted by Crippen LogP contribution is 2.72. The van der Waals surface area contributed by atoms with Crippen LogP contribution in [0.15, 0.2) is 0 Å². The minimum atomic E-state index is -1.09. The van der Waals surface area contributed by atoms with Gasteiger partial charge in [0, 0.05) is 22.4 Å². The molecule has 3 rings (SSSR count). The molecule has 2 unspecified atom stereocenters. The molecule has 2 bridgehead atoms. The summed E-state index contributed by atoms with van der Waals surface area (Å²) in [6.07, 6.45) is 1.79. The second kappa shape index (κ2) is 5.02. The molecule has 128 valence electrons. The zero-order valence-corrected chi connectivity index (χ0v) is 15.6. The fourth-order valence-electron chi connectivity index (χ4n) is 4.17. The SMILES string of the molecule is CC(N[S+]([O-])C(C)(C)C)C12CC(N(C(=O)O)C(C)(C)C)(C1)C2. The molecule has 3 aliphatic rings. The van der Waals surface area contributed by atoms with Crippen LogP contribution in [0.4, 0.5) is 4.79 Å². The van der Waals surface area contributed by atoms with E-state index in [4.69, 9.17) is 0 Å². The second-order valence-corrected chi connectivity index (χ2v) is 11.1. The van der Waals surface area contributed by atoms with E-state index in [1.807, 2.05) is 41.5 Å². The molecule has 3 aliphatic carbocycles. The van der Waals surface area contributed by atoms with Crippen molar-refractivity contribution in [1.82, 2.24) is 9.62 Å². The van der Waals surface area contributed by atoms with Crippen molar-refractivity contribution in [3.8, 4) is 0 Å². The fourth-order valence-corrected chi connectivity index (χ4v) is 5.10. The lowest BCUT2D eigenvalue weighted by Crippen LogP contribution is -2.81. The van der Waals surface area contributed by atoms with Gasteiger partial charge in [-0.25, -0.2) is 4.79 Å². The van der Waals surface area contributed by atoms with E-state index < -0.39 is 17.5 Å². The quantitative estimate of drug-likeness (QED) is 0.777. The predicted octanol–water partition coefficient (Wildman–Crippen LogP) is 3.13. The Balaban J connectivity index is 2.01. The van der Waals surface area contributed by atoms with Gasteiger partial charge in [0.1, 0.15) is 4.75 Å². The van der Waals surface area contributed by atoms with Crippen molar-refractivity contribution < 1.29 is 14.5 Å². The molecule has 6 heteroatoms. The lowest BCUT2D eigenvalue weighted by Gasteiger charge is -2.76. The van der Waals surface area contributed by atoms with Crippen molar-refractivity contribution in [2.75, 3.05) is 0 Å². The Hall–Kier alpha value is -0.460. The van der Waals surface area contributed by atoms with Crippen molar-refractivity contribution in [2.45, 2.75) is 89.6 Å². The standard InChI is InChI=1S/C16H30N2O3S/c1-11(17-22(21)14(5,6)7)15-8-16(9-15,10-15)18(12(19)20)13(2,3)4/h11,17H,8-10H2,1-7H3,(H,19,20). The molecule has 0 aromatic carbocycles. The van der Waals surface area contributed by atoms with E-state index in [1.54, 1.807) is 4.90 Å². The first-order chi connectivity index (χ1) is 9.74. The molecule has 0 aliphatic heterocycles. The van der Waals surface area contributed by atoms with Gasteiger partial charge < -0.3 is 9.66 Å². The fraction of sp³-hybridized carbons (Fsp3) is 0.938. The molecule has 2 N–H and O–H groups in total. The summed E-state index contributed by atoms with van der Waals surface area (Å²) in [7, 11) is 0. The van der Waals surface area contributed by atoms with E-state index in [2.05, 4.69) is 11.6 Å². The molecular formula is C16H30N2O3S. The molecule has 2 atom stereocenters. The Morgan fingerprint density at radius 2 is 1.68 bits per heavy atom. The summed E-state index contributed by atoms with van der Waals surface area (Å²) in [6, 6.07) is 0.144. The number of hydrogen-bond donors (Lipinski definition) is 2. The minimum Gasteiger partial charge on any atom is -0.598 e. The van der Waals surface area contributed by atoms with Crippen LogP contribution < -0.4 is 4.72 Å². The van der Waals surface area contributed by atoms with Crippen LogP contribution in [-0.4, -0.2) is 42.5 Å². The Morgan fingerprint density at radius 3 is 2.00 bits per heavy atom. The zero-order valence-electron chi connectivity index (χ0n) is 14.8. The predicted molar refractivity (Wildman–Crippen MR) is 89.1 cm³/mol. The molecule has 0 aromatic rings. The highest BCUT2D eigenvalue weighted by atomic mass is 32.2. The highest BCUT2D eigenvalue weighted by molar-refractivity contribution is 7.90. The maximum atomic E-state index is 12.3. The van der Waals surface area contributed by atoms with E-state index in [0.29, 0.717) is 0 Å². The van der Waals surface area contributed by atoms with Gasteiger partial charge in [-0.1, -0.05) is 0 Å². The van der Waals surface area contributed by atoms with Crippen molar-refractivity contribution in [1.29, 1.82) is 0 Å². The van der Waals surface area contributed by atoms with E-state index in [-0.39, 0.29) is 27.3 Å². The Labute approximate surface area is 137 Å². The van der Waals surface area contributed by atoms with E-state index in [0.717, 1.165) is 19.3 Å². The Kier molecular flexibility index (Phi) is 4.08. The molecular weight excluding hydrogens is 300 g/mol. The third-order valence-electron chi connectivity index (χ3n) is 5.14. The van der Waals surface area contributed by atoms with Gasteiger partial charge in [0.15, 0.2) is 0 Å². The van der Waals surface area contributed by atoms with E-state index in [1.165, 1.54) is 0 Å².